The Labute approximate surface area is 140 Å². The molecule has 2 rings (SSSR count). The largest absolute Gasteiger partial charge is 0.465 e. The lowest BCUT2D eigenvalue weighted by Gasteiger charge is -2.23. The average molecular weight is 353 g/mol. The maximum Gasteiger partial charge on any atom is 0.340 e. The molecule has 9 heteroatoms. The van der Waals surface area contributed by atoms with Crippen molar-refractivity contribution in [2.24, 2.45) is 0 Å². The van der Waals surface area contributed by atoms with Crippen LogP contribution in [0.3, 0.4) is 0 Å². The molecule has 0 saturated carbocycles. The molecule has 7 nitrogen and oxygen atoms in total. The highest BCUT2D eigenvalue weighted by molar-refractivity contribution is 7.14. The third kappa shape index (κ3) is 3.93. The van der Waals surface area contributed by atoms with E-state index < -0.39 is 23.3 Å². The van der Waals surface area contributed by atoms with Crippen LogP contribution in [0.5, 0.6) is 0 Å². The van der Waals surface area contributed by atoms with Gasteiger partial charge in [-0.25, -0.2) is 9.78 Å². The van der Waals surface area contributed by atoms with E-state index in [1.54, 1.807) is 30.8 Å². The van der Waals surface area contributed by atoms with Gasteiger partial charge in [-0.05, 0) is 25.3 Å². The van der Waals surface area contributed by atoms with Crippen LogP contribution >= 0.6 is 22.7 Å². The molecule has 0 fully saturated rings. The van der Waals surface area contributed by atoms with Gasteiger partial charge >= 0.3 is 17.8 Å². The summed E-state index contributed by atoms with van der Waals surface area (Å²) in [4.78, 5) is 39.8. The standard InChI is InChI=1S/C14H15N3O4S2/c1-14(2,13-15-5-7-23-13)17-10(19)9(18)16-11-8(4-6-22-11)12(20)21-3/h4-7H,1-3H3,(H,16,18)(H,17,19). The van der Waals surface area contributed by atoms with E-state index in [-0.39, 0.29) is 10.6 Å². The molecule has 0 aliphatic rings. The first-order chi connectivity index (χ1) is 10.8. The lowest BCUT2D eigenvalue weighted by molar-refractivity contribution is -0.137. The molecule has 0 aliphatic carbocycles. The first kappa shape index (κ1) is 17.1. The van der Waals surface area contributed by atoms with Crippen LogP contribution in [0.25, 0.3) is 0 Å². The molecule has 2 N–H and O–H groups in total. The Hall–Kier alpha value is -2.26. The van der Waals surface area contributed by atoms with Crippen molar-refractivity contribution in [1.29, 1.82) is 0 Å². The smallest absolute Gasteiger partial charge is 0.340 e. The molecule has 2 aromatic rings. The van der Waals surface area contributed by atoms with E-state index in [0.717, 1.165) is 11.3 Å². The predicted molar refractivity (Wildman–Crippen MR) is 87.6 cm³/mol. The lowest BCUT2D eigenvalue weighted by atomic mass is 10.1. The van der Waals surface area contributed by atoms with Crippen LogP contribution in [0.4, 0.5) is 5.00 Å². The van der Waals surface area contributed by atoms with E-state index in [9.17, 15) is 14.4 Å². The summed E-state index contributed by atoms with van der Waals surface area (Å²) >= 11 is 2.51. The fourth-order valence-corrected chi connectivity index (χ4v) is 3.25. The molecule has 2 heterocycles. The predicted octanol–water partition coefficient (Wildman–Crippen LogP) is 1.98. The van der Waals surface area contributed by atoms with Crippen LogP contribution in [0.1, 0.15) is 29.2 Å². The number of hydrogen-bond acceptors (Lipinski definition) is 7. The maximum absolute atomic E-state index is 12.1. The summed E-state index contributed by atoms with van der Waals surface area (Å²) in [7, 11) is 1.24. The summed E-state index contributed by atoms with van der Waals surface area (Å²) in [6.07, 6.45) is 1.63. The molecule has 0 radical (unpaired) electrons. The molecule has 23 heavy (non-hydrogen) atoms. The van der Waals surface area contributed by atoms with Crippen LogP contribution < -0.4 is 10.6 Å². The summed E-state index contributed by atoms with van der Waals surface area (Å²) in [6, 6.07) is 1.52. The summed E-state index contributed by atoms with van der Waals surface area (Å²) in [5.41, 5.74) is -0.568. The minimum absolute atomic E-state index is 0.206. The van der Waals surface area contributed by atoms with Crippen LogP contribution in [-0.4, -0.2) is 29.9 Å². The number of ether oxygens (including phenoxy) is 1. The first-order valence-corrected chi connectivity index (χ1v) is 8.30. The zero-order valence-electron chi connectivity index (χ0n) is 12.7. The topological polar surface area (TPSA) is 97.4 Å². The number of thiophene rings is 1. The number of anilines is 1. The van der Waals surface area contributed by atoms with E-state index in [2.05, 4.69) is 20.4 Å². The van der Waals surface area contributed by atoms with Gasteiger partial charge in [-0.3, -0.25) is 9.59 Å². The SMILES string of the molecule is COC(=O)c1ccsc1NC(=O)C(=O)NC(C)(C)c1nccs1. The minimum atomic E-state index is -0.859. The second-order valence-electron chi connectivity index (χ2n) is 5.03. The van der Waals surface area contributed by atoms with Crippen molar-refractivity contribution in [2.75, 3.05) is 12.4 Å². The highest BCUT2D eigenvalue weighted by Crippen LogP contribution is 2.24. The number of carbonyl (C=O) groups is 3. The molecular weight excluding hydrogens is 338 g/mol. The van der Waals surface area contributed by atoms with Crippen molar-refractivity contribution in [3.8, 4) is 0 Å². The zero-order valence-corrected chi connectivity index (χ0v) is 14.3. The summed E-state index contributed by atoms with van der Waals surface area (Å²) in [5, 5.41) is 9.41. The molecule has 0 unspecified atom stereocenters. The van der Waals surface area contributed by atoms with Crippen molar-refractivity contribution >= 4 is 45.5 Å². The Morgan fingerprint density at radius 3 is 2.52 bits per heavy atom. The molecule has 122 valence electrons. The number of esters is 1. The molecular formula is C14H15N3O4S2. The van der Waals surface area contributed by atoms with Gasteiger partial charge in [0.15, 0.2) is 0 Å². The van der Waals surface area contributed by atoms with Crippen molar-refractivity contribution in [1.82, 2.24) is 10.3 Å². The number of aromatic nitrogens is 1. The zero-order chi connectivity index (χ0) is 17.0. The Morgan fingerprint density at radius 1 is 1.17 bits per heavy atom. The molecule has 0 aliphatic heterocycles. The molecule has 0 bridgehead atoms. The van der Waals surface area contributed by atoms with Crippen LogP contribution in [-0.2, 0) is 19.9 Å². The Bertz CT molecular complexity index is 722. The molecule has 0 spiro atoms. The fourth-order valence-electron chi connectivity index (χ4n) is 1.76. The van der Waals surface area contributed by atoms with Gasteiger partial charge in [0.05, 0.1) is 18.2 Å². The van der Waals surface area contributed by atoms with Gasteiger partial charge < -0.3 is 15.4 Å². The highest BCUT2D eigenvalue weighted by atomic mass is 32.1. The summed E-state index contributed by atoms with van der Waals surface area (Å²) < 4.78 is 4.62. The van der Waals surface area contributed by atoms with Gasteiger partial charge in [0.25, 0.3) is 0 Å². The second kappa shape index (κ2) is 6.88. The van der Waals surface area contributed by atoms with E-state index in [0.29, 0.717) is 5.01 Å². The number of hydrogen-bond donors (Lipinski definition) is 2. The van der Waals surface area contributed by atoms with Gasteiger partial charge in [-0.2, -0.15) is 0 Å². The van der Waals surface area contributed by atoms with Crippen LogP contribution in [0.2, 0.25) is 0 Å². The minimum Gasteiger partial charge on any atom is -0.465 e. The fraction of sp³-hybridized carbons (Fsp3) is 0.286. The van der Waals surface area contributed by atoms with Crippen molar-refractivity contribution in [3.63, 3.8) is 0 Å². The van der Waals surface area contributed by atoms with E-state index in [1.165, 1.54) is 24.5 Å². The second-order valence-corrected chi connectivity index (χ2v) is 6.84. The maximum atomic E-state index is 12.1. The van der Waals surface area contributed by atoms with Crippen LogP contribution in [0.15, 0.2) is 23.0 Å². The molecule has 2 amide bonds. The number of carbonyl (C=O) groups excluding carboxylic acids is 3. The van der Waals surface area contributed by atoms with Crippen molar-refractivity contribution < 1.29 is 19.1 Å². The van der Waals surface area contributed by atoms with Gasteiger partial charge in [-0.1, -0.05) is 0 Å². The van der Waals surface area contributed by atoms with Crippen LogP contribution in [0, 0.1) is 0 Å². The van der Waals surface area contributed by atoms with E-state index in [1.807, 2.05) is 0 Å². The molecule has 0 saturated heterocycles. The molecule has 2 aromatic heterocycles. The molecule has 0 aromatic carbocycles. The quantitative estimate of drug-likeness (QED) is 0.647. The third-order valence-electron chi connectivity index (χ3n) is 2.90. The summed E-state index contributed by atoms with van der Waals surface area (Å²) in [5.74, 6) is -2.25. The van der Waals surface area contributed by atoms with E-state index in [4.69, 9.17) is 0 Å². The third-order valence-corrected chi connectivity index (χ3v) is 4.82. The number of rotatable bonds is 4. The van der Waals surface area contributed by atoms with Crippen molar-refractivity contribution in [2.45, 2.75) is 19.4 Å². The lowest BCUT2D eigenvalue weighted by Crippen LogP contribution is -2.46. The summed E-state index contributed by atoms with van der Waals surface area (Å²) in [6.45, 7) is 3.50. The van der Waals surface area contributed by atoms with Gasteiger partial charge in [0.2, 0.25) is 0 Å². The Kier molecular flexibility index (Phi) is 5.12. The number of thiazole rings is 1. The van der Waals surface area contributed by atoms with Gasteiger partial charge in [0, 0.05) is 11.6 Å². The molecule has 0 atom stereocenters. The number of methoxy groups -OCH3 is 1. The first-order valence-electron chi connectivity index (χ1n) is 6.54. The van der Waals surface area contributed by atoms with E-state index >= 15 is 0 Å². The van der Waals surface area contributed by atoms with Gasteiger partial charge in [-0.15, -0.1) is 22.7 Å². The monoisotopic (exact) mass is 353 g/mol. The average Bonchev–Trinajstić information content (AvgIpc) is 3.17. The number of amides is 2. The number of nitrogens with zero attached hydrogens (tertiary/aromatic N) is 1. The van der Waals surface area contributed by atoms with Gasteiger partial charge in [0.1, 0.15) is 10.0 Å². The Balaban J connectivity index is 2.05. The van der Waals surface area contributed by atoms with Crippen molar-refractivity contribution in [3.05, 3.63) is 33.6 Å². The highest BCUT2D eigenvalue weighted by Gasteiger charge is 2.29. The Morgan fingerprint density at radius 2 is 1.91 bits per heavy atom. The number of nitrogens with one attached hydrogen (secondary N) is 2. The normalized spacial score (nSPS) is 10.9.